The number of hydrogen-bond acceptors (Lipinski definition) is 1. The topological polar surface area (TPSA) is 3.24 Å². The minimum atomic E-state index is -4.27. The van der Waals surface area contributed by atoms with E-state index in [0.717, 1.165) is 30.6 Å². The monoisotopic (exact) mass is 257 g/mol. The molecule has 4 heteroatoms. The van der Waals surface area contributed by atoms with Crippen LogP contribution in [0.1, 0.15) is 38.3 Å². The summed E-state index contributed by atoms with van der Waals surface area (Å²) in [5.41, 5.74) is 1.05. The van der Waals surface area contributed by atoms with Gasteiger partial charge in [-0.15, -0.1) is 0 Å². The average Bonchev–Trinajstić information content (AvgIpc) is 2.25. The Labute approximate surface area is 106 Å². The van der Waals surface area contributed by atoms with Crippen molar-refractivity contribution in [3.8, 4) is 0 Å². The van der Waals surface area contributed by atoms with E-state index in [1.807, 2.05) is 20.8 Å². The maximum Gasteiger partial charge on any atom is 0.416 e. The third-order valence-electron chi connectivity index (χ3n) is 3.34. The van der Waals surface area contributed by atoms with E-state index in [2.05, 4.69) is 4.90 Å². The number of anilines is 1. The fourth-order valence-corrected chi connectivity index (χ4v) is 2.45. The van der Waals surface area contributed by atoms with Crippen LogP contribution in [-0.2, 0) is 12.6 Å². The molecule has 0 atom stereocenters. The van der Waals surface area contributed by atoms with Gasteiger partial charge in [-0.1, -0.05) is 6.07 Å². The fraction of sp³-hybridized carbons (Fsp3) is 0.571. The van der Waals surface area contributed by atoms with E-state index in [4.69, 9.17) is 0 Å². The number of aryl methyl sites for hydroxylation is 1. The number of halogens is 3. The predicted octanol–water partition coefficient (Wildman–Crippen LogP) is 4.26. The molecule has 0 radical (unpaired) electrons. The van der Waals surface area contributed by atoms with Gasteiger partial charge in [-0.25, -0.2) is 0 Å². The van der Waals surface area contributed by atoms with E-state index in [1.165, 1.54) is 12.1 Å². The molecule has 1 heterocycles. The Morgan fingerprint density at radius 3 is 2.33 bits per heavy atom. The Morgan fingerprint density at radius 1 is 1.11 bits per heavy atom. The molecule has 0 N–H and O–H groups in total. The van der Waals surface area contributed by atoms with Crippen LogP contribution in [0.15, 0.2) is 18.2 Å². The Bertz CT molecular complexity index is 443. The first kappa shape index (κ1) is 13.2. The van der Waals surface area contributed by atoms with E-state index >= 15 is 0 Å². The maximum atomic E-state index is 12.8. The molecule has 1 aromatic rings. The Balaban J connectivity index is 2.48. The highest BCUT2D eigenvalue weighted by Gasteiger charge is 2.33. The zero-order valence-corrected chi connectivity index (χ0v) is 10.9. The van der Waals surface area contributed by atoms with Crippen LogP contribution in [0, 0.1) is 0 Å². The lowest BCUT2D eigenvalue weighted by Gasteiger charge is -2.42. The molecule has 1 aromatic carbocycles. The number of nitrogens with zero attached hydrogens (tertiary/aromatic N) is 1. The molecule has 0 spiro atoms. The van der Waals surface area contributed by atoms with Crippen LogP contribution in [0.3, 0.4) is 0 Å². The zero-order valence-electron chi connectivity index (χ0n) is 10.9. The highest BCUT2D eigenvalue weighted by atomic mass is 19.4. The van der Waals surface area contributed by atoms with Crippen LogP contribution in [-0.4, -0.2) is 12.1 Å². The lowest BCUT2D eigenvalue weighted by molar-refractivity contribution is -0.137. The zero-order chi connectivity index (χ0) is 13.6. The van der Waals surface area contributed by atoms with Crippen LogP contribution < -0.4 is 4.90 Å². The molecule has 2 rings (SSSR count). The second-order valence-electron chi connectivity index (χ2n) is 5.77. The largest absolute Gasteiger partial charge is 0.416 e. The summed E-state index contributed by atoms with van der Waals surface area (Å²) in [5, 5.41) is 0. The van der Waals surface area contributed by atoms with Crippen molar-refractivity contribution in [1.82, 2.24) is 0 Å². The number of rotatable bonds is 0. The molecule has 0 saturated carbocycles. The molecule has 0 bridgehead atoms. The molecule has 0 unspecified atom stereocenters. The molecule has 0 fully saturated rings. The van der Waals surface area contributed by atoms with Crippen molar-refractivity contribution in [1.29, 1.82) is 0 Å². The summed E-state index contributed by atoms with van der Waals surface area (Å²) >= 11 is 0. The lowest BCUT2D eigenvalue weighted by Crippen LogP contribution is -2.44. The van der Waals surface area contributed by atoms with Gasteiger partial charge < -0.3 is 4.90 Å². The third kappa shape index (κ3) is 2.47. The normalized spacial score (nSPS) is 16.7. The van der Waals surface area contributed by atoms with Crippen molar-refractivity contribution < 1.29 is 13.2 Å². The highest BCUT2D eigenvalue weighted by Crippen LogP contribution is 2.37. The molecule has 0 aromatic heterocycles. The second-order valence-corrected chi connectivity index (χ2v) is 5.77. The van der Waals surface area contributed by atoms with Crippen molar-refractivity contribution in [3.05, 3.63) is 29.3 Å². The van der Waals surface area contributed by atoms with Gasteiger partial charge in [-0.2, -0.15) is 13.2 Å². The van der Waals surface area contributed by atoms with Gasteiger partial charge in [0.1, 0.15) is 0 Å². The molecule has 1 nitrogen and oxygen atoms in total. The highest BCUT2D eigenvalue weighted by molar-refractivity contribution is 5.59. The minimum absolute atomic E-state index is 0.153. The second kappa shape index (κ2) is 4.18. The standard InChI is InChI=1S/C14H18F3N/c1-13(2,3)18-8-4-5-10-6-7-11(9-12(10)18)14(15,16)17/h6-7,9H,4-5,8H2,1-3H3. The average molecular weight is 257 g/mol. The number of benzene rings is 1. The van der Waals surface area contributed by atoms with Crippen molar-refractivity contribution in [2.45, 2.75) is 45.3 Å². The fourth-order valence-electron chi connectivity index (χ4n) is 2.45. The number of hydrogen-bond donors (Lipinski definition) is 0. The van der Waals surface area contributed by atoms with Gasteiger partial charge in [0.05, 0.1) is 5.56 Å². The summed E-state index contributed by atoms with van der Waals surface area (Å²) in [6.07, 6.45) is -2.41. The minimum Gasteiger partial charge on any atom is -0.366 e. The van der Waals surface area contributed by atoms with Crippen molar-refractivity contribution in [2.24, 2.45) is 0 Å². The lowest BCUT2D eigenvalue weighted by atomic mass is 9.94. The van der Waals surface area contributed by atoms with E-state index in [1.54, 1.807) is 6.07 Å². The van der Waals surface area contributed by atoms with E-state index < -0.39 is 11.7 Å². The molecule has 18 heavy (non-hydrogen) atoms. The van der Waals surface area contributed by atoms with Crippen LogP contribution in [0.25, 0.3) is 0 Å². The van der Waals surface area contributed by atoms with Gasteiger partial charge in [0.25, 0.3) is 0 Å². The van der Waals surface area contributed by atoms with Crippen molar-refractivity contribution in [3.63, 3.8) is 0 Å². The quantitative estimate of drug-likeness (QED) is 0.671. The van der Waals surface area contributed by atoms with E-state index in [0.29, 0.717) is 0 Å². The van der Waals surface area contributed by atoms with Gasteiger partial charge in [0.2, 0.25) is 0 Å². The van der Waals surface area contributed by atoms with Gasteiger partial charge in [0.15, 0.2) is 0 Å². The molecule has 0 saturated heterocycles. The van der Waals surface area contributed by atoms with Crippen LogP contribution >= 0.6 is 0 Å². The predicted molar refractivity (Wildman–Crippen MR) is 66.9 cm³/mol. The molecular formula is C14H18F3N. The first-order valence-corrected chi connectivity index (χ1v) is 6.17. The third-order valence-corrected chi connectivity index (χ3v) is 3.34. The van der Waals surface area contributed by atoms with Crippen LogP contribution in [0.2, 0.25) is 0 Å². The summed E-state index contributed by atoms with van der Waals surface area (Å²) in [7, 11) is 0. The van der Waals surface area contributed by atoms with E-state index in [9.17, 15) is 13.2 Å². The molecule has 1 aliphatic heterocycles. The summed E-state index contributed by atoms with van der Waals surface area (Å²) in [6.45, 7) is 6.91. The van der Waals surface area contributed by atoms with Crippen LogP contribution in [0.4, 0.5) is 18.9 Å². The van der Waals surface area contributed by atoms with E-state index in [-0.39, 0.29) is 5.54 Å². The summed E-state index contributed by atoms with van der Waals surface area (Å²) in [6, 6.07) is 4.10. The van der Waals surface area contributed by atoms with Gasteiger partial charge in [0, 0.05) is 17.8 Å². The van der Waals surface area contributed by atoms with Gasteiger partial charge >= 0.3 is 6.18 Å². The Hall–Kier alpha value is -1.19. The molecule has 0 aliphatic carbocycles. The SMILES string of the molecule is CC(C)(C)N1CCCc2ccc(C(F)(F)F)cc21. The Morgan fingerprint density at radius 2 is 1.78 bits per heavy atom. The molecule has 0 amide bonds. The van der Waals surface area contributed by atoms with Gasteiger partial charge in [-0.05, 0) is 51.3 Å². The van der Waals surface area contributed by atoms with Crippen LogP contribution in [0.5, 0.6) is 0 Å². The molecular weight excluding hydrogens is 239 g/mol. The summed E-state index contributed by atoms with van der Waals surface area (Å²) < 4.78 is 38.3. The Kier molecular flexibility index (Phi) is 3.07. The van der Waals surface area contributed by atoms with Crippen molar-refractivity contribution in [2.75, 3.05) is 11.4 Å². The summed E-state index contributed by atoms with van der Waals surface area (Å²) in [5.74, 6) is 0. The smallest absolute Gasteiger partial charge is 0.366 e. The summed E-state index contributed by atoms with van der Waals surface area (Å²) in [4.78, 5) is 2.07. The van der Waals surface area contributed by atoms with Crippen molar-refractivity contribution >= 4 is 5.69 Å². The molecule has 1 aliphatic rings. The number of fused-ring (bicyclic) bond motifs is 1. The first-order chi connectivity index (χ1) is 8.19. The first-order valence-electron chi connectivity index (χ1n) is 6.17. The van der Waals surface area contributed by atoms with Gasteiger partial charge in [-0.3, -0.25) is 0 Å². The maximum absolute atomic E-state index is 12.8. The number of alkyl halides is 3. The molecule has 100 valence electrons.